The van der Waals surface area contributed by atoms with Gasteiger partial charge in [-0.25, -0.2) is 0 Å². The van der Waals surface area contributed by atoms with Crippen LogP contribution >= 0.6 is 0 Å². The van der Waals surface area contributed by atoms with Crippen molar-refractivity contribution in [1.82, 2.24) is 20.1 Å². The van der Waals surface area contributed by atoms with Crippen LogP contribution in [0.25, 0.3) is 16.5 Å². The number of likely N-dealkylation sites (N-methyl/N-ethyl adjacent to an activating group) is 1. The maximum absolute atomic E-state index is 14.4. The van der Waals surface area contributed by atoms with Crippen LogP contribution < -0.4 is 10.2 Å². The van der Waals surface area contributed by atoms with Gasteiger partial charge in [-0.2, -0.15) is 0 Å². The Kier molecular flexibility index (Phi) is 6.18. The van der Waals surface area contributed by atoms with E-state index in [2.05, 4.69) is 41.8 Å². The maximum atomic E-state index is 14.4. The quantitative estimate of drug-likeness (QED) is 0.424. The van der Waals surface area contributed by atoms with E-state index in [9.17, 15) is 19.5 Å². The number of nitrogens with one attached hydrogen (secondary N) is 3. The molecule has 5 heterocycles. The minimum absolute atomic E-state index is 0.111. The summed E-state index contributed by atoms with van der Waals surface area (Å²) >= 11 is 0. The summed E-state index contributed by atoms with van der Waals surface area (Å²) in [5, 5.41) is 16.4. The van der Waals surface area contributed by atoms with Crippen molar-refractivity contribution in [3.63, 3.8) is 0 Å². The number of fused-ring (bicyclic) bond motifs is 5. The molecule has 5 aliphatic rings. The number of quaternary nitrogens is 1. The number of hydrogen-bond donors (Lipinski definition) is 4. The number of carbonyl (C=O) groups excluding carboxylic acids is 3. The van der Waals surface area contributed by atoms with Crippen molar-refractivity contribution < 1.29 is 29.1 Å². The molecule has 3 amide bonds. The second-order valence-electron chi connectivity index (χ2n) is 13.7. The van der Waals surface area contributed by atoms with Crippen molar-refractivity contribution in [3.8, 4) is 0 Å². The Morgan fingerprint density at radius 3 is 2.79 bits per heavy atom. The lowest BCUT2D eigenvalue weighted by atomic mass is 9.79. The maximum Gasteiger partial charge on any atom is 0.281 e. The first-order chi connectivity index (χ1) is 20.0. The van der Waals surface area contributed by atoms with E-state index in [1.54, 1.807) is 4.90 Å². The van der Waals surface area contributed by atoms with E-state index in [-0.39, 0.29) is 23.8 Å². The molecule has 0 spiro atoms. The van der Waals surface area contributed by atoms with E-state index in [1.165, 1.54) is 20.7 Å². The van der Waals surface area contributed by atoms with Gasteiger partial charge < -0.3 is 25.2 Å². The van der Waals surface area contributed by atoms with Crippen LogP contribution in [0.15, 0.2) is 30.5 Å². The van der Waals surface area contributed by atoms with Crippen LogP contribution in [0.3, 0.4) is 0 Å². The third-order valence-corrected chi connectivity index (χ3v) is 10.3. The van der Waals surface area contributed by atoms with Crippen LogP contribution in [-0.2, 0) is 25.5 Å². The molecule has 1 unspecified atom stereocenters. The zero-order valence-corrected chi connectivity index (χ0v) is 25.1. The van der Waals surface area contributed by atoms with Gasteiger partial charge in [0.15, 0.2) is 0 Å². The standard InChI is InChI=1S/C32H41N5O5/c1-17(2)12-25-29(39)36-11-7-10-26(36)32(41)37(25)30(40)31(42-32,18(3)4)34-28(38)20-13-22-21-8-6-9-23-27(21)19(15-33-23)14-24(22)35(5)16-20/h6,8-9,13,15,17-18,20,24-26,33,41H,7,10-12,14,16H2,1-5H3,(H,34,38)/p+1/t20-,24+,25+,26+,31-,32+/m0/s1. The third-order valence-electron chi connectivity index (χ3n) is 10.3. The molecule has 10 heteroatoms. The number of rotatable bonds is 5. The smallest absolute Gasteiger partial charge is 0.281 e. The largest absolute Gasteiger partial charge is 0.361 e. The molecular formula is C32H42N5O5+. The van der Waals surface area contributed by atoms with Gasteiger partial charge >= 0.3 is 0 Å². The first kappa shape index (κ1) is 27.6. The van der Waals surface area contributed by atoms with Crippen LogP contribution in [0.4, 0.5) is 0 Å². The second kappa shape index (κ2) is 9.39. The molecule has 0 radical (unpaired) electrons. The van der Waals surface area contributed by atoms with Crippen LogP contribution in [0.2, 0.25) is 0 Å². The molecule has 3 fully saturated rings. The summed E-state index contributed by atoms with van der Waals surface area (Å²) in [4.78, 5) is 49.7. The minimum atomic E-state index is -2.00. The Hall–Kier alpha value is -3.21. The Balaban J connectivity index is 1.24. The van der Waals surface area contributed by atoms with Gasteiger partial charge in [0.05, 0.1) is 13.6 Å². The minimum Gasteiger partial charge on any atom is -0.361 e. The van der Waals surface area contributed by atoms with Crippen LogP contribution in [0.5, 0.6) is 0 Å². The zero-order valence-electron chi connectivity index (χ0n) is 25.1. The van der Waals surface area contributed by atoms with Gasteiger partial charge in [0.1, 0.15) is 24.0 Å². The average Bonchev–Trinajstić information content (AvgIpc) is 3.65. The van der Waals surface area contributed by atoms with E-state index >= 15 is 0 Å². The molecule has 224 valence electrons. The van der Waals surface area contributed by atoms with Crippen molar-refractivity contribution in [2.75, 3.05) is 20.1 Å². The number of ether oxygens (including phenoxy) is 1. The first-order valence-corrected chi connectivity index (χ1v) is 15.5. The highest BCUT2D eigenvalue weighted by Gasteiger charge is 2.72. The molecule has 7 rings (SSSR count). The fourth-order valence-electron chi connectivity index (χ4n) is 8.24. The lowest BCUT2D eigenvalue weighted by Gasteiger charge is -2.49. The number of aromatic nitrogens is 1. The van der Waals surface area contributed by atoms with Gasteiger partial charge in [0.2, 0.25) is 17.5 Å². The molecule has 4 aliphatic heterocycles. The molecule has 4 N–H and O–H groups in total. The summed E-state index contributed by atoms with van der Waals surface area (Å²) < 4.78 is 6.44. The number of hydrogen-bond acceptors (Lipinski definition) is 5. The molecular weight excluding hydrogens is 534 g/mol. The Labute approximate surface area is 246 Å². The van der Waals surface area contributed by atoms with Crippen molar-refractivity contribution >= 4 is 34.2 Å². The predicted octanol–water partition coefficient (Wildman–Crippen LogP) is 1.01. The summed E-state index contributed by atoms with van der Waals surface area (Å²) in [5.41, 5.74) is 2.89. The van der Waals surface area contributed by atoms with E-state index in [1.807, 2.05) is 33.8 Å². The lowest BCUT2D eigenvalue weighted by Crippen LogP contribution is -3.15. The predicted molar refractivity (Wildman–Crippen MR) is 156 cm³/mol. The molecule has 7 atom stereocenters. The average molecular weight is 577 g/mol. The van der Waals surface area contributed by atoms with E-state index in [4.69, 9.17) is 4.74 Å². The number of H-pyrrole nitrogens is 1. The van der Waals surface area contributed by atoms with Crippen LogP contribution in [-0.4, -0.2) is 87.5 Å². The Morgan fingerprint density at radius 2 is 2.05 bits per heavy atom. The molecule has 1 aromatic heterocycles. The molecule has 42 heavy (non-hydrogen) atoms. The highest BCUT2D eigenvalue weighted by atomic mass is 16.7. The normalized spacial score (nSPS) is 35.5. The molecule has 3 saturated heterocycles. The number of benzene rings is 1. The van der Waals surface area contributed by atoms with Gasteiger partial charge in [-0.15, -0.1) is 0 Å². The van der Waals surface area contributed by atoms with Crippen molar-refractivity contribution in [2.24, 2.45) is 17.8 Å². The van der Waals surface area contributed by atoms with E-state index in [0.29, 0.717) is 25.9 Å². The summed E-state index contributed by atoms with van der Waals surface area (Å²) in [7, 11) is 2.12. The number of piperazine rings is 1. The number of aliphatic hydroxyl groups is 1. The van der Waals surface area contributed by atoms with Gasteiger partial charge in [-0.3, -0.25) is 24.0 Å². The molecule has 2 aromatic rings. The SMILES string of the molecule is CC(C)C[C@@H]1C(=O)N2CCC[C@@H]2[C@@]2(O)O[C@@](NC(=O)[C@H]3C=C4c5cccc6[nH]cc(c56)C[C@H]4[NH+](C)C3)(C(C)C)C(=O)N12. The Morgan fingerprint density at radius 1 is 1.26 bits per heavy atom. The number of carbonyl (C=O) groups is 3. The molecule has 1 aliphatic carbocycles. The second-order valence-corrected chi connectivity index (χ2v) is 13.7. The van der Waals surface area contributed by atoms with Crippen molar-refractivity contribution in [1.29, 1.82) is 0 Å². The fourth-order valence-corrected chi connectivity index (χ4v) is 8.24. The summed E-state index contributed by atoms with van der Waals surface area (Å²) in [5.74, 6) is -3.88. The topological polar surface area (TPSA) is 119 Å². The van der Waals surface area contributed by atoms with Gasteiger partial charge in [-0.1, -0.05) is 45.9 Å². The number of nitrogens with zero attached hydrogens (tertiary/aromatic N) is 2. The fraction of sp³-hybridized carbons (Fsp3) is 0.594. The van der Waals surface area contributed by atoms with E-state index in [0.717, 1.165) is 29.5 Å². The zero-order chi connectivity index (χ0) is 29.7. The lowest BCUT2D eigenvalue weighted by molar-refractivity contribution is -0.900. The van der Waals surface area contributed by atoms with Crippen molar-refractivity contribution in [2.45, 2.75) is 83.1 Å². The van der Waals surface area contributed by atoms with Gasteiger partial charge in [0, 0.05) is 41.6 Å². The molecule has 1 aromatic carbocycles. The third kappa shape index (κ3) is 3.70. The van der Waals surface area contributed by atoms with E-state index < -0.39 is 41.5 Å². The summed E-state index contributed by atoms with van der Waals surface area (Å²) in [6, 6.07) is 4.96. The first-order valence-electron chi connectivity index (χ1n) is 15.5. The van der Waals surface area contributed by atoms with Crippen molar-refractivity contribution in [3.05, 3.63) is 41.6 Å². The molecule has 10 nitrogen and oxygen atoms in total. The van der Waals surface area contributed by atoms with Gasteiger partial charge in [0.25, 0.3) is 11.8 Å². The van der Waals surface area contributed by atoms with Gasteiger partial charge in [-0.05, 0) is 42.4 Å². The molecule has 0 saturated carbocycles. The summed E-state index contributed by atoms with van der Waals surface area (Å²) in [6.07, 6.45) is 6.70. The Bertz CT molecular complexity index is 1510. The monoisotopic (exact) mass is 576 g/mol. The number of aromatic amines is 1. The highest BCUT2D eigenvalue weighted by molar-refractivity contribution is 6.00. The van der Waals surface area contributed by atoms with Crippen LogP contribution in [0, 0.1) is 17.8 Å². The summed E-state index contributed by atoms with van der Waals surface area (Å²) in [6.45, 7) is 8.70. The highest BCUT2D eigenvalue weighted by Crippen LogP contribution is 2.48. The number of amides is 3. The van der Waals surface area contributed by atoms with Crippen LogP contribution in [0.1, 0.15) is 58.1 Å². The molecule has 0 bridgehead atoms.